The van der Waals surface area contributed by atoms with Crippen LogP contribution in [-0.4, -0.2) is 9.97 Å². The summed E-state index contributed by atoms with van der Waals surface area (Å²) < 4.78 is 38.8. The maximum Gasteiger partial charge on any atom is 0.417 e. The van der Waals surface area contributed by atoms with Gasteiger partial charge in [-0.05, 0) is 25.1 Å². The van der Waals surface area contributed by atoms with Gasteiger partial charge in [0, 0.05) is 18.0 Å². The smallest absolute Gasteiger partial charge is 0.265 e. The van der Waals surface area contributed by atoms with Crippen LogP contribution in [0.1, 0.15) is 16.8 Å². The van der Waals surface area contributed by atoms with Gasteiger partial charge in [0.25, 0.3) is 0 Å². The van der Waals surface area contributed by atoms with E-state index in [0.717, 1.165) is 6.07 Å². The molecule has 0 fully saturated rings. The van der Waals surface area contributed by atoms with Crippen LogP contribution >= 0.6 is 0 Å². The highest BCUT2D eigenvalue weighted by Gasteiger charge is 2.35. The predicted octanol–water partition coefficient (Wildman–Crippen LogP) is 3.34. The van der Waals surface area contributed by atoms with Crippen molar-refractivity contribution in [2.75, 3.05) is 0 Å². The molecule has 0 bridgehead atoms. The summed E-state index contributed by atoms with van der Waals surface area (Å²) in [5, 5.41) is 8.82. The number of rotatable bonds is 1. The summed E-state index contributed by atoms with van der Waals surface area (Å²) in [7, 11) is 0. The first kappa shape index (κ1) is 13.0. The van der Waals surface area contributed by atoms with E-state index in [1.165, 1.54) is 19.3 Å². The molecule has 0 radical (unpaired) electrons. The fourth-order valence-electron chi connectivity index (χ4n) is 1.71. The molecular formula is C13H8F3N3. The fourth-order valence-corrected chi connectivity index (χ4v) is 1.71. The van der Waals surface area contributed by atoms with E-state index >= 15 is 0 Å². The molecule has 0 aliphatic rings. The van der Waals surface area contributed by atoms with E-state index in [0.29, 0.717) is 5.56 Å². The standard InChI is InChI=1S/C13H8F3N3/c1-8-10(7-17)11(13(14,15)16)6-12(19-8)9-2-4-18-5-3-9/h2-6H,1H3. The molecule has 0 spiro atoms. The molecule has 19 heavy (non-hydrogen) atoms. The van der Waals surface area contributed by atoms with Crippen molar-refractivity contribution >= 4 is 0 Å². The minimum absolute atomic E-state index is 0.0594. The Morgan fingerprint density at radius 3 is 2.37 bits per heavy atom. The zero-order chi connectivity index (χ0) is 14.0. The molecule has 2 aromatic heterocycles. The van der Waals surface area contributed by atoms with E-state index in [1.54, 1.807) is 18.2 Å². The number of aromatic nitrogens is 2. The van der Waals surface area contributed by atoms with Gasteiger partial charge in [0.1, 0.15) is 6.07 Å². The Morgan fingerprint density at radius 2 is 1.84 bits per heavy atom. The molecule has 6 heteroatoms. The molecule has 2 aromatic rings. The lowest BCUT2D eigenvalue weighted by atomic mass is 10.0. The van der Waals surface area contributed by atoms with Crippen molar-refractivity contribution in [2.24, 2.45) is 0 Å². The minimum atomic E-state index is -4.58. The van der Waals surface area contributed by atoms with E-state index < -0.39 is 17.3 Å². The summed E-state index contributed by atoms with van der Waals surface area (Å²) in [5.41, 5.74) is -0.650. The lowest BCUT2D eigenvalue weighted by Gasteiger charge is -2.12. The van der Waals surface area contributed by atoms with Gasteiger partial charge in [0.05, 0.1) is 22.5 Å². The van der Waals surface area contributed by atoms with Crippen molar-refractivity contribution in [1.29, 1.82) is 5.26 Å². The number of hydrogen-bond donors (Lipinski definition) is 0. The van der Waals surface area contributed by atoms with Crippen LogP contribution in [0.3, 0.4) is 0 Å². The van der Waals surface area contributed by atoms with Crippen LogP contribution < -0.4 is 0 Å². The molecule has 0 atom stereocenters. The number of nitriles is 1. The molecule has 0 aliphatic carbocycles. The molecule has 96 valence electrons. The van der Waals surface area contributed by atoms with Crippen molar-refractivity contribution in [3.05, 3.63) is 47.4 Å². The van der Waals surface area contributed by atoms with Crippen LogP contribution in [0.4, 0.5) is 13.2 Å². The summed E-state index contributed by atoms with van der Waals surface area (Å²) in [6.07, 6.45) is -1.64. The normalized spacial score (nSPS) is 11.1. The number of aryl methyl sites for hydroxylation is 1. The highest BCUT2D eigenvalue weighted by Crippen LogP contribution is 2.34. The second kappa shape index (κ2) is 4.69. The topological polar surface area (TPSA) is 49.6 Å². The van der Waals surface area contributed by atoms with E-state index in [4.69, 9.17) is 5.26 Å². The maximum atomic E-state index is 12.9. The first-order valence-electron chi connectivity index (χ1n) is 5.33. The molecule has 0 aliphatic heterocycles. The molecule has 0 aromatic carbocycles. The first-order chi connectivity index (χ1) is 8.93. The van der Waals surface area contributed by atoms with Crippen LogP contribution in [0.2, 0.25) is 0 Å². The average molecular weight is 263 g/mol. The molecule has 2 rings (SSSR count). The molecule has 0 saturated heterocycles. The van der Waals surface area contributed by atoms with E-state index in [9.17, 15) is 13.2 Å². The summed E-state index contributed by atoms with van der Waals surface area (Å²) >= 11 is 0. The van der Waals surface area contributed by atoms with Crippen LogP contribution in [0.25, 0.3) is 11.3 Å². The average Bonchev–Trinajstić information content (AvgIpc) is 2.37. The summed E-state index contributed by atoms with van der Waals surface area (Å²) in [4.78, 5) is 7.83. The largest absolute Gasteiger partial charge is 0.417 e. The zero-order valence-corrected chi connectivity index (χ0v) is 9.86. The van der Waals surface area contributed by atoms with Crippen molar-refractivity contribution in [3.63, 3.8) is 0 Å². The van der Waals surface area contributed by atoms with Crippen molar-refractivity contribution in [3.8, 4) is 17.3 Å². The first-order valence-corrected chi connectivity index (χ1v) is 5.33. The Hall–Kier alpha value is -2.42. The van der Waals surface area contributed by atoms with Gasteiger partial charge >= 0.3 is 6.18 Å². The number of pyridine rings is 2. The molecule has 3 nitrogen and oxygen atoms in total. The SMILES string of the molecule is Cc1nc(-c2ccncc2)cc(C(F)(F)F)c1C#N. The zero-order valence-electron chi connectivity index (χ0n) is 9.86. The minimum Gasteiger partial charge on any atom is -0.265 e. The van der Waals surface area contributed by atoms with Crippen LogP contribution in [-0.2, 0) is 6.18 Å². The maximum absolute atomic E-state index is 12.9. The third-order valence-electron chi connectivity index (χ3n) is 2.59. The Bertz CT molecular complexity index is 643. The Kier molecular flexibility index (Phi) is 3.21. The predicted molar refractivity (Wildman–Crippen MR) is 61.9 cm³/mol. The van der Waals surface area contributed by atoms with Gasteiger partial charge < -0.3 is 0 Å². The van der Waals surface area contributed by atoms with Crippen LogP contribution in [0.5, 0.6) is 0 Å². The fraction of sp³-hybridized carbons (Fsp3) is 0.154. The van der Waals surface area contributed by atoms with Gasteiger partial charge in [0.2, 0.25) is 0 Å². The van der Waals surface area contributed by atoms with E-state index in [2.05, 4.69) is 9.97 Å². The Labute approximate surface area is 107 Å². The summed E-state index contributed by atoms with van der Waals surface area (Å²) in [6, 6.07) is 5.57. The Morgan fingerprint density at radius 1 is 1.21 bits per heavy atom. The van der Waals surface area contributed by atoms with E-state index in [-0.39, 0.29) is 11.4 Å². The lowest BCUT2D eigenvalue weighted by Crippen LogP contribution is -2.10. The van der Waals surface area contributed by atoms with Gasteiger partial charge in [-0.25, -0.2) is 0 Å². The van der Waals surface area contributed by atoms with Crippen LogP contribution in [0, 0.1) is 18.3 Å². The van der Waals surface area contributed by atoms with E-state index in [1.807, 2.05) is 0 Å². The molecule has 0 amide bonds. The number of hydrogen-bond acceptors (Lipinski definition) is 3. The second-order valence-electron chi connectivity index (χ2n) is 3.86. The molecule has 0 saturated carbocycles. The van der Waals surface area contributed by atoms with Crippen molar-refractivity contribution in [1.82, 2.24) is 9.97 Å². The molecule has 0 N–H and O–H groups in total. The summed E-state index contributed by atoms with van der Waals surface area (Å²) in [6.45, 7) is 1.39. The number of alkyl halides is 3. The van der Waals surface area contributed by atoms with Crippen molar-refractivity contribution < 1.29 is 13.2 Å². The second-order valence-corrected chi connectivity index (χ2v) is 3.86. The highest BCUT2D eigenvalue weighted by molar-refractivity contribution is 5.62. The highest BCUT2D eigenvalue weighted by atomic mass is 19.4. The lowest BCUT2D eigenvalue weighted by molar-refractivity contribution is -0.137. The Balaban J connectivity index is 2.69. The molecule has 2 heterocycles. The third-order valence-corrected chi connectivity index (χ3v) is 2.59. The van der Waals surface area contributed by atoms with Crippen LogP contribution in [0.15, 0.2) is 30.6 Å². The number of nitrogens with zero attached hydrogens (tertiary/aromatic N) is 3. The van der Waals surface area contributed by atoms with Gasteiger partial charge in [0.15, 0.2) is 0 Å². The quantitative estimate of drug-likeness (QED) is 0.792. The monoisotopic (exact) mass is 263 g/mol. The van der Waals surface area contributed by atoms with Gasteiger partial charge in [-0.1, -0.05) is 0 Å². The van der Waals surface area contributed by atoms with Gasteiger partial charge in [-0.2, -0.15) is 18.4 Å². The number of halogens is 3. The van der Waals surface area contributed by atoms with Crippen molar-refractivity contribution in [2.45, 2.75) is 13.1 Å². The molecule has 0 unspecified atom stereocenters. The molecular weight excluding hydrogens is 255 g/mol. The third kappa shape index (κ3) is 2.55. The van der Waals surface area contributed by atoms with Gasteiger partial charge in [-0.3, -0.25) is 9.97 Å². The summed E-state index contributed by atoms with van der Waals surface area (Å²) in [5.74, 6) is 0. The van der Waals surface area contributed by atoms with Gasteiger partial charge in [-0.15, -0.1) is 0 Å².